The van der Waals surface area contributed by atoms with Gasteiger partial charge < -0.3 is 29.7 Å². The second-order valence-electron chi connectivity index (χ2n) is 16.2. The first kappa shape index (κ1) is 42.1. The standard InChI is InChI=1S/C41H46ClFN6O8S2/c1-7-23-18-41(23,38(52)48-59(53,54)27-10-11-27)47-36(50)31-17-26(57-34-15-22-14-24(42)8-12-28(22)33(56-6)19-44-34)20-49(31)37(51)35(40(2,3)4)46-39-45-30(21-58-39)29-16-25(43)9-13-32(29)55-5/h7-9,12-14,16,19,21,23,26-27,31,35H,1,10-11,15,17-18,20H2,2-6H3,(H,45,46)(H,47,50)(H,48,52)/t23-,26-,31+,35-,41-/m1/s1. The van der Waals surface area contributed by atoms with Crippen LogP contribution < -0.4 is 20.1 Å². The van der Waals surface area contributed by atoms with Crippen LogP contribution in [0.4, 0.5) is 9.52 Å². The zero-order valence-corrected chi connectivity index (χ0v) is 35.6. The lowest BCUT2D eigenvalue weighted by Crippen LogP contribution is -2.58. The third-order valence-corrected chi connectivity index (χ3v) is 13.8. The zero-order chi connectivity index (χ0) is 42.4. The lowest BCUT2D eigenvalue weighted by atomic mass is 9.85. The van der Waals surface area contributed by atoms with Crippen LogP contribution in [0.3, 0.4) is 0 Å². The molecule has 3 amide bonds. The minimum atomic E-state index is -3.92. The molecule has 14 nitrogen and oxygen atoms in total. The van der Waals surface area contributed by atoms with E-state index < -0.39 is 73.9 Å². The number of aromatic nitrogens is 1. The molecule has 59 heavy (non-hydrogen) atoms. The molecular formula is C41H46ClFN6O8S2. The minimum absolute atomic E-state index is 0.0221. The average molecular weight is 869 g/mol. The molecule has 2 saturated carbocycles. The molecule has 2 aliphatic carbocycles. The van der Waals surface area contributed by atoms with Gasteiger partial charge in [0.2, 0.25) is 21.8 Å². The normalized spacial score (nSPS) is 23.1. The second-order valence-corrected chi connectivity index (χ2v) is 19.4. The number of ether oxygens (including phenoxy) is 3. The fraction of sp³-hybridized carbons (Fsp3) is 0.439. The fourth-order valence-corrected chi connectivity index (χ4v) is 9.76. The second kappa shape index (κ2) is 16.2. The van der Waals surface area contributed by atoms with Crippen LogP contribution >= 0.6 is 22.9 Å². The van der Waals surface area contributed by atoms with Crippen molar-refractivity contribution in [2.75, 3.05) is 26.1 Å². The number of benzene rings is 2. The van der Waals surface area contributed by atoms with E-state index in [4.69, 9.17) is 25.8 Å². The van der Waals surface area contributed by atoms with Crippen molar-refractivity contribution in [3.05, 3.63) is 82.6 Å². The van der Waals surface area contributed by atoms with Gasteiger partial charge >= 0.3 is 0 Å². The Morgan fingerprint density at radius 1 is 1.12 bits per heavy atom. The van der Waals surface area contributed by atoms with E-state index in [-0.39, 0.29) is 25.8 Å². The number of carbonyl (C=O) groups excluding carboxylic acids is 3. The van der Waals surface area contributed by atoms with Crippen molar-refractivity contribution in [1.29, 1.82) is 0 Å². The highest BCUT2D eigenvalue weighted by Crippen LogP contribution is 2.46. The molecule has 4 aliphatic rings. The topological polar surface area (TPSA) is 178 Å². The Labute approximate surface area is 351 Å². The summed E-state index contributed by atoms with van der Waals surface area (Å²) < 4.78 is 59.5. The Kier molecular flexibility index (Phi) is 11.6. The van der Waals surface area contributed by atoms with Crippen LogP contribution in [0, 0.1) is 17.2 Å². The maximum Gasteiger partial charge on any atom is 0.259 e. The maximum atomic E-state index is 14.9. The summed E-state index contributed by atoms with van der Waals surface area (Å²) in [5.74, 6) is -1.71. The summed E-state index contributed by atoms with van der Waals surface area (Å²) in [6.45, 7) is 9.37. The van der Waals surface area contributed by atoms with E-state index >= 15 is 0 Å². The summed E-state index contributed by atoms with van der Waals surface area (Å²) in [5.41, 5.74) is 0.154. The molecule has 1 aromatic heterocycles. The molecule has 314 valence electrons. The first-order valence-corrected chi connectivity index (χ1v) is 21.9. The van der Waals surface area contributed by atoms with Crippen molar-refractivity contribution >= 4 is 67.5 Å². The van der Waals surface area contributed by atoms with Crippen molar-refractivity contribution in [3.8, 4) is 17.0 Å². The van der Waals surface area contributed by atoms with Crippen molar-refractivity contribution in [2.45, 2.75) is 81.9 Å². The van der Waals surface area contributed by atoms with Crippen LogP contribution in [0.15, 0.2) is 65.6 Å². The quantitative estimate of drug-likeness (QED) is 0.181. The summed E-state index contributed by atoms with van der Waals surface area (Å²) in [7, 11) is -0.911. The Balaban J connectivity index is 1.18. The number of aliphatic imine (C=N–C) groups is 1. The number of likely N-dealkylation sites (tertiary alicyclic amines) is 1. The number of anilines is 1. The molecule has 5 atom stereocenters. The summed E-state index contributed by atoms with van der Waals surface area (Å²) in [5, 5.41) is 8.06. The van der Waals surface area contributed by atoms with Crippen LogP contribution in [0.5, 0.6) is 5.75 Å². The Bertz CT molecular complexity index is 2360. The third-order valence-electron chi connectivity index (χ3n) is 10.9. The van der Waals surface area contributed by atoms with Crippen LogP contribution in [0.2, 0.25) is 5.02 Å². The molecule has 3 heterocycles. The molecule has 18 heteroatoms. The van der Waals surface area contributed by atoms with E-state index in [9.17, 15) is 27.2 Å². The van der Waals surface area contributed by atoms with Gasteiger partial charge in [0.1, 0.15) is 41.1 Å². The van der Waals surface area contributed by atoms with E-state index in [2.05, 4.69) is 31.9 Å². The van der Waals surface area contributed by atoms with Crippen molar-refractivity contribution in [2.24, 2.45) is 16.3 Å². The van der Waals surface area contributed by atoms with Crippen LogP contribution in [0.1, 0.15) is 57.6 Å². The number of sulfonamides is 1. The number of rotatable bonds is 13. The first-order chi connectivity index (χ1) is 28.0. The van der Waals surface area contributed by atoms with Gasteiger partial charge in [0.25, 0.3) is 5.91 Å². The van der Waals surface area contributed by atoms with Gasteiger partial charge in [0.15, 0.2) is 11.0 Å². The summed E-state index contributed by atoms with van der Waals surface area (Å²) in [4.78, 5) is 53.6. The number of hydrogen-bond acceptors (Lipinski definition) is 12. The van der Waals surface area contributed by atoms with Gasteiger partial charge in [0.05, 0.1) is 37.9 Å². The molecule has 1 saturated heterocycles. The lowest BCUT2D eigenvalue weighted by Gasteiger charge is -2.35. The molecule has 3 fully saturated rings. The summed E-state index contributed by atoms with van der Waals surface area (Å²) >= 11 is 7.57. The van der Waals surface area contributed by atoms with E-state index in [1.54, 1.807) is 23.7 Å². The van der Waals surface area contributed by atoms with Gasteiger partial charge in [-0.2, -0.15) is 0 Å². The number of hydrogen-bond donors (Lipinski definition) is 3. The van der Waals surface area contributed by atoms with Gasteiger partial charge in [0, 0.05) is 40.3 Å². The third kappa shape index (κ3) is 8.82. The molecule has 0 bridgehead atoms. The fourth-order valence-electron chi connectivity index (χ4n) is 7.46. The van der Waals surface area contributed by atoms with Gasteiger partial charge in [-0.3, -0.25) is 19.1 Å². The predicted octanol–water partition coefficient (Wildman–Crippen LogP) is 5.69. The van der Waals surface area contributed by atoms with Crippen LogP contribution in [-0.4, -0.2) is 91.7 Å². The van der Waals surface area contributed by atoms with Crippen molar-refractivity contribution < 1.29 is 41.4 Å². The van der Waals surface area contributed by atoms with Gasteiger partial charge in [-0.15, -0.1) is 17.9 Å². The first-order valence-electron chi connectivity index (χ1n) is 19.1. The number of amides is 3. The molecule has 3 aromatic rings. The van der Waals surface area contributed by atoms with Gasteiger partial charge in [-0.05, 0) is 66.6 Å². The highest BCUT2D eigenvalue weighted by atomic mass is 35.5. The number of fused-ring (bicyclic) bond motifs is 1. The lowest BCUT2D eigenvalue weighted by molar-refractivity contribution is -0.141. The van der Waals surface area contributed by atoms with Crippen molar-refractivity contribution in [3.63, 3.8) is 0 Å². The summed E-state index contributed by atoms with van der Waals surface area (Å²) in [6, 6.07) is 7.41. The van der Waals surface area contributed by atoms with E-state index in [1.807, 2.05) is 26.8 Å². The van der Waals surface area contributed by atoms with Gasteiger partial charge in [-0.1, -0.05) is 38.4 Å². The number of thiazole rings is 1. The molecule has 0 unspecified atom stereocenters. The number of nitrogens with one attached hydrogen (secondary N) is 3. The molecular weight excluding hydrogens is 823 g/mol. The molecule has 0 radical (unpaired) electrons. The number of halogens is 2. The van der Waals surface area contributed by atoms with Gasteiger partial charge in [-0.25, -0.2) is 22.8 Å². The highest BCUT2D eigenvalue weighted by molar-refractivity contribution is 7.91. The molecule has 7 rings (SSSR count). The molecule has 2 aromatic carbocycles. The monoisotopic (exact) mass is 868 g/mol. The summed E-state index contributed by atoms with van der Waals surface area (Å²) in [6.07, 6.45) is 3.62. The SMILES string of the molecule is C=C[C@@H]1C[C@]1(NC(=O)[C@@H]1C[C@@H](OC2=NC=C(OC)c3ccc(Cl)cc3C2)CN1C(=O)[C@@H](Nc1nc(-c2cc(F)ccc2OC)cs1)C(C)(C)C)C(=O)NS(=O)(=O)C1CC1. The van der Waals surface area contributed by atoms with Crippen molar-refractivity contribution in [1.82, 2.24) is 19.9 Å². The van der Waals surface area contributed by atoms with Crippen LogP contribution in [-0.2, 0) is 40.3 Å². The van der Waals surface area contributed by atoms with E-state index in [0.29, 0.717) is 51.7 Å². The Hall–Kier alpha value is -5.00. The zero-order valence-electron chi connectivity index (χ0n) is 33.2. The Morgan fingerprint density at radius 3 is 2.54 bits per heavy atom. The average Bonchev–Trinajstić information content (AvgIpc) is 4.08. The van der Waals surface area contributed by atoms with E-state index in [1.165, 1.54) is 54.7 Å². The van der Waals surface area contributed by atoms with Crippen LogP contribution in [0.25, 0.3) is 17.0 Å². The molecule has 0 spiro atoms. The molecule has 2 aliphatic heterocycles. The minimum Gasteiger partial charge on any atom is -0.496 e. The maximum absolute atomic E-state index is 14.9. The number of nitrogens with zero attached hydrogens (tertiary/aromatic N) is 3. The largest absolute Gasteiger partial charge is 0.496 e. The number of methoxy groups -OCH3 is 2. The van der Waals surface area contributed by atoms with E-state index in [0.717, 1.165) is 11.1 Å². The predicted molar refractivity (Wildman–Crippen MR) is 223 cm³/mol. The Morgan fingerprint density at radius 2 is 1.88 bits per heavy atom. The number of carbonyl (C=O) groups is 3. The highest BCUT2D eigenvalue weighted by Gasteiger charge is 2.62. The molecule has 3 N–H and O–H groups in total. The smallest absolute Gasteiger partial charge is 0.259 e.